The zero-order valence-electron chi connectivity index (χ0n) is 19.2. The highest BCUT2D eigenvalue weighted by Crippen LogP contribution is 2.32. The molecule has 174 valence electrons. The van der Waals surface area contributed by atoms with Gasteiger partial charge in [-0.15, -0.1) is 0 Å². The lowest BCUT2D eigenvalue weighted by Crippen LogP contribution is -2.41. The lowest BCUT2D eigenvalue weighted by molar-refractivity contribution is -0.120. The van der Waals surface area contributed by atoms with Gasteiger partial charge < -0.3 is 10.1 Å². The highest BCUT2D eigenvalue weighted by atomic mass is 32.2. The van der Waals surface area contributed by atoms with E-state index in [-0.39, 0.29) is 17.5 Å². The van der Waals surface area contributed by atoms with Crippen LogP contribution in [0.5, 0.6) is 5.75 Å². The van der Waals surface area contributed by atoms with Gasteiger partial charge in [-0.2, -0.15) is 0 Å². The maximum Gasteiger partial charge on any atom is 0.264 e. The normalized spacial score (nSPS) is 12.1. The molecule has 33 heavy (non-hydrogen) atoms. The number of carbonyl (C=O) groups excluding carboxylic acids is 1. The number of ether oxygens (including phenoxy) is 1. The number of hydrogen-bond acceptors (Lipinski definition) is 4. The molecule has 0 saturated heterocycles. The second-order valence-electron chi connectivity index (χ2n) is 7.61. The zero-order chi connectivity index (χ0) is 23.8. The van der Waals surface area contributed by atoms with Crippen LogP contribution in [0, 0.1) is 0 Å². The largest absolute Gasteiger partial charge is 0.492 e. The van der Waals surface area contributed by atoms with Gasteiger partial charge in [0.2, 0.25) is 5.91 Å². The van der Waals surface area contributed by atoms with Gasteiger partial charge in [0.15, 0.2) is 0 Å². The molecule has 0 bridgehead atoms. The van der Waals surface area contributed by atoms with Crippen molar-refractivity contribution in [2.24, 2.45) is 0 Å². The first-order chi connectivity index (χ1) is 15.9. The first-order valence-electron chi connectivity index (χ1n) is 11.0. The molecule has 0 fully saturated rings. The Morgan fingerprint density at radius 1 is 0.939 bits per heavy atom. The van der Waals surface area contributed by atoms with Crippen LogP contribution in [0.25, 0.3) is 0 Å². The fourth-order valence-electron chi connectivity index (χ4n) is 3.50. The molecule has 1 unspecified atom stereocenters. The van der Waals surface area contributed by atoms with Crippen molar-refractivity contribution in [1.82, 2.24) is 5.32 Å². The van der Waals surface area contributed by atoms with E-state index in [1.165, 1.54) is 17.7 Å². The Hall–Kier alpha value is -3.32. The smallest absolute Gasteiger partial charge is 0.264 e. The molecule has 3 aromatic carbocycles. The van der Waals surface area contributed by atoms with Crippen LogP contribution in [-0.4, -0.2) is 27.5 Å². The molecule has 0 spiro atoms. The second-order valence-corrected chi connectivity index (χ2v) is 9.47. The lowest BCUT2D eigenvalue weighted by Gasteiger charge is -2.26. The molecular formula is C26H30N2O4S. The minimum Gasteiger partial charge on any atom is -0.492 e. The lowest BCUT2D eigenvalue weighted by atomic mass is 10.1. The van der Waals surface area contributed by atoms with Crippen molar-refractivity contribution in [3.63, 3.8) is 0 Å². The summed E-state index contributed by atoms with van der Waals surface area (Å²) in [5.41, 5.74) is 2.48. The Morgan fingerprint density at radius 2 is 1.58 bits per heavy atom. The van der Waals surface area contributed by atoms with Crippen LogP contribution in [0.2, 0.25) is 0 Å². The van der Waals surface area contributed by atoms with Gasteiger partial charge in [-0.05, 0) is 55.7 Å². The molecule has 3 aromatic rings. The van der Waals surface area contributed by atoms with E-state index in [0.717, 1.165) is 16.3 Å². The average Bonchev–Trinajstić information content (AvgIpc) is 2.83. The van der Waals surface area contributed by atoms with Crippen LogP contribution in [0.1, 0.15) is 37.9 Å². The number of sulfonamides is 1. The SMILES string of the molecule is CCOc1ccccc1N(CC(=O)NC(C)c1ccc(CC)cc1)S(=O)(=O)c1ccccc1. The fraction of sp³-hybridized carbons (Fsp3) is 0.269. The number of benzene rings is 3. The third-order valence-electron chi connectivity index (χ3n) is 5.32. The number of hydrogen-bond donors (Lipinski definition) is 1. The number of nitrogens with one attached hydrogen (secondary N) is 1. The molecule has 3 rings (SSSR count). The van der Waals surface area contributed by atoms with Crippen molar-refractivity contribution in [3.05, 3.63) is 90.0 Å². The fourth-order valence-corrected chi connectivity index (χ4v) is 4.96. The van der Waals surface area contributed by atoms with Crippen molar-refractivity contribution < 1.29 is 17.9 Å². The quantitative estimate of drug-likeness (QED) is 0.469. The highest BCUT2D eigenvalue weighted by Gasteiger charge is 2.29. The van der Waals surface area contributed by atoms with Crippen LogP contribution >= 0.6 is 0 Å². The zero-order valence-corrected chi connectivity index (χ0v) is 20.0. The van der Waals surface area contributed by atoms with E-state index in [1.807, 2.05) is 38.1 Å². The Balaban J connectivity index is 1.90. The minimum atomic E-state index is -4.01. The van der Waals surface area contributed by atoms with Crippen LogP contribution in [0.3, 0.4) is 0 Å². The summed E-state index contributed by atoms with van der Waals surface area (Å²) in [6.07, 6.45) is 0.937. The molecule has 0 saturated carbocycles. The van der Waals surface area contributed by atoms with Gasteiger partial charge in [0.25, 0.3) is 10.0 Å². The van der Waals surface area contributed by atoms with Gasteiger partial charge in [0.05, 0.1) is 23.2 Å². The first kappa shape index (κ1) is 24.3. The summed E-state index contributed by atoms with van der Waals surface area (Å²) in [5.74, 6) is -0.0108. The van der Waals surface area contributed by atoms with E-state index in [2.05, 4.69) is 12.2 Å². The van der Waals surface area contributed by atoms with Crippen molar-refractivity contribution in [1.29, 1.82) is 0 Å². The molecule has 1 N–H and O–H groups in total. The van der Waals surface area contributed by atoms with Crippen LogP contribution in [-0.2, 0) is 21.2 Å². The molecule has 1 atom stereocenters. The number of carbonyl (C=O) groups is 1. The summed E-state index contributed by atoms with van der Waals surface area (Å²) in [7, 11) is -4.01. The standard InChI is InChI=1S/C26H30N2O4S/c1-4-21-15-17-22(18-16-21)20(3)27-26(29)19-28(24-13-9-10-14-25(24)32-5-2)33(30,31)23-11-7-6-8-12-23/h6-18,20H,4-5,19H2,1-3H3,(H,27,29). The summed E-state index contributed by atoms with van der Waals surface area (Å²) in [5, 5.41) is 2.92. The maximum absolute atomic E-state index is 13.5. The number of rotatable bonds is 10. The van der Waals surface area contributed by atoms with Gasteiger partial charge >= 0.3 is 0 Å². The van der Waals surface area contributed by atoms with Gasteiger partial charge in [0.1, 0.15) is 12.3 Å². The topological polar surface area (TPSA) is 75.7 Å². The predicted octanol–water partition coefficient (Wildman–Crippen LogP) is 4.72. The van der Waals surface area contributed by atoms with Crippen molar-refractivity contribution >= 4 is 21.6 Å². The second kappa shape index (κ2) is 11.0. The Kier molecular flexibility index (Phi) is 8.11. The van der Waals surface area contributed by atoms with Gasteiger partial charge in [0, 0.05) is 0 Å². The molecule has 7 heteroatoms. The molecule has 6 nitrogen and oxygen atoms in total. The molecule has 0 heterocycles. The molecule has 0 aromatic heterocycles. The molecule has 0 aliphatic heterocycles. The number of nitrogens with zero attached hydrogens (tertiary/aromatic N) is 1. The summed E-state index contributed by atoms with van der Waals surface area (Å²) < 4.78 is 33.9. The van der Waals surface area contributed by atoms with Crippen LogP contribution in [0.15, 0.2) is 83.8 Å². The van der Waals surface area contributed by atoms with E-state index in [1.54, 1.807) is 42.5 Å². The molecule has 0 aliphatic rings. The number of amides is 1. The van der Waals surface area contributed by atoms with Crippen LogP contribution < -0.4 is 14.4 Å². The Bertz CT molecular complexity index is 1160. The van der Waals surface area contributed by atoms with Gasteiger partial charge in [-0.1, -0.05) is 61.5 Å². The van der Waals surface area contributed by atoms with Crippen LogP contribution in [0.4, 0.5) is 5.69 Å². The van der Waals surface area contributed by atoms with E-state index in [0.29, 0.717) is 18.0 Å². The van der Waals surface area contributed by atoms with E-state index in [9.17, 15) is 13.2 Å². The minimum absolute atomic E-state index is 0.104. The number of anilines is 1. The number of aryl methyl sites for hydroxylation is 1. The molecule has 0 aliphatic carbocycles. The Labute approximate surface area is 196 Å². The summed E-state index contributed by atoms with van der Waals surface area (Å²) >= 11 is 0. The predicted molar refractivity (Wildman–Crippen MR) is 131 cm³/mol. The van der Waals surface area contributed by atoms with Crippen molar-refractivity contribution in [2.75, 3.05) is 17.5 Å². The summed E-state index contributed by atoms with van der Waals surface area (Å²) in [6, 6.07) is 22.7. The first-order valence-corrected chi connectivity index (χ1v) is 12.5. The van der Waals surface area contributed by atoms with Gasteiger partial charge in [-0.25, -0.2) is 8.42 Å². The van der Waals surface area contributed by atoms with E-state index >= 15 is 0 Å². The summed E-state index contributed by atoms with van der Waals surface area (Å²) in [4.78, 5) is 13.1. The highest BCUT2D eigenvalue weighted by molar-refractivity contribution is 7.92. The number of para-hydroxylation sites is 2. The Morgan fingerprint density at radius 3 is 2.21 bits per heavy atom. The molecular weight excluding hydrogens is 436 g/mol. The third-order valence-corrected chi connectivity index (χ3v) is 7.09. The van der Waals surface area contributed by atoms with Gasteiger partial charge in [-0.3, -0.25) is 9.10 Å². The average molecular weight is 467 g/mol. The molecule has 0 radical (unpaired) electrons. The summed E-state index contributed by atoms with van der Waals surface area (Å²) in [6.45, 7) is 5.78. The van der Waals surface area contributed by atoms with Crippen molar-refractivity contribution in [2.45, 2.75) is 38.1 Å². The van der Waals surface area contributed by atoms with E-state index < -0.39 is 15.9 Å². The molecule has 1 amide bonds. The van der Waals surface area contributed by atoms with Crippen molar-refractivity contribution in [3.8, 4) is 5.75 Å². The van der Waals surface area contributed by atoms with E-state index in [4.69, 9.17) is 4.74 Å². The maximum atomic E-state index is 13.5. The third kappa shape index (κ3) is 5.93. The monoisotopic (exact) mass is 466 g/mol.